The number of benzene rings is 1. The van der Waals surface area contributed by atoms with Gasteiger partial charge in [0, 0.05) is 18.1 Å². The smallest absolute Gasteiger partial charge is 0.312 e. The van der Waals surface area contributed by atoms with Gasteiger partial charge >= 0.3 is 5.97 Å². The van der Waals surface area contributed by atoms with Crippen LogP contribution < -0.4 is 0 Å². The van der Waals surface area contributed by atoms with E-state index < -0.39 is 5.41 Å². The lowest BCUT2D eigenvalue weighted by molar-refractivity contribution is -0.151. The quantitative estimate of drug-likeness (QED) is 0.770. The molecular formula is C14H20ClNO2. The third kappa shape index (κ3) is 4.00. The first kappa shape index (κ1) is 15.0. The summed E-state index contributed by atoms with van der Waals surface area (Å²) in [7, 11) is 3.38. The van der Waals surface area contributed by atoms with Gasteiger partial charge in [-0.2, -0.15) is 0 Å². The Hall–Kier alpha value is -1.06. The van der Waals surface area contributed by atoms with Gasteiger partial charge in [0.2, 0.25) is 0 Å². The number of hydrogen-bond acceptors (Lipinski definition) is 3. The number of hydrogen-bond donors (Lipinski definition) is 0. The van der Waals surface area contributed by atoms with Gasteiger partial charge in [-0.25, -0.2) is 0 Å². The molecule has 18 heavy (non-hydrogen) atoms. The molecule has 0 amide bonds. The minimum absolute atomic E-state index is 0.200. The number of carbonyl (C=O) groups excluding carboxylic acids is 1. The van der Waals surface area contributed by atoms with E-state index >= 15 is 0 Å². The summed E-state index contributed by atoms with van der Waals surface area (Å²) >= 11 is 6.11. The van der Waals surface area contributed by atoms with Crippen LogP contribution in [-0.4, -0.2) is 31.6 Å². The Balaban J connectivity index is 2.65. The molecule has 0 atom stereocenters. The SMILES string of the molecule is COC(=O)C(C)(C)CN(C)Cc1ccccc1Cl. The van der Waals surface area contributed by atoms with E-state index in [4.69, 9.17) is 16.3 Å². The number of ether oxygens (including phenoxy) is 1. The molecule has 0 saturated heterocycles. The number of nitrogens with zero attached hydrogens (tertiary/aromatic N) is 1. The monoisotopic (exact) mass is 269 g/mol. The highest BCUT2D eigenvalue weighted by molar-refractivity contribution is 6.31. The minimum atomic E-state index is -0.523. The second-order valence-electron chi connectivity index (χ2n) is 5.14. The van der Waals surface area contributed by atoms with Crippen LogP contribution in [0.25, 0.3) is 0 Å². The maximum absolute atomic E-state index is 11.6. The van der Waals surface area contributed by atoms with Crippen LogP contribution in [0.3, 0.4) is 0 Å². The summed E-state index contributed by atoms with van der Waals surface area (Å²) < 4.78 is 4.80. The zero-order valence-electron chi connectivity index (χ0n) is 11.4. The molecule has 1 rings (SSSR count). The van der Waals surface area contributed by atoms with E-state index in [1.54, 1.807) is 0 Å². The Morgan fingerprint density at radius 1 is 1.39 bits per heavy atom. The molecule has 100 valence electrons. The van der Waals surface area contributed by atoms with Crippen molar-refractivity contribution in [2.24, 2.45) is 5.41 Å². The van der Waals surface area contributed by atoms with Crippen molar-refractivity contribution in [1.82, 2.24) is 4.90 Å². The van der Waals surface area contributed by atoms with Gasteiger partial charge < -0.3 is 9.64 Å². The molecule has 0 aliphatic carbocycles. The summed E-state index contributed by atoms with van der Waals surface area (Å²) in [5.74, 6) is -0.200. The van der Waals surface area contributed by atoms with Gasteiger partial charge in [0.15, 0.2) is 0 Å². The standard InChI is InChI=1S/C14H20ClNO2/c1-14(2,13(17)18-4)10-16(3)9-11-7-5-6-8-12(11)15/h5-8H,9-10H2,1-4H3. The number of methoxy groups -OCH3 is 1. The minimum Gasteiger partial charge on any atom is -0.469 e. The molecule has 1 aromatic carbocycles. The Kier molecular flexibility index (Phi) is 5.17. The van der Waals surface area contributed by atoms with E-state index in [1.165, 1.54) is 7.11 Å². The summed E-state index contributed by atoms with van der Waals surface area (Å²) in [4.78, 5) is 13.7. The molecule has 0 spiro atoms. The van der Waals surface area contributed by atoms with Crippen molar-refractivity contribution in [3.05, 3.63) is 34.9 Å². The van der Waals surface area contributed by atoms with Crippen LogP contribution in [-0.2, 0) is 16.1 Å². The molecule has 1 aromatic rings. The van der Waals surface area contributed by atoms with Gasteiger partial charge in [0.1, 0.15) is 0 Å². The van der Waals surface area contributed by atoms with E-state index in [-0.39, 0.29) is 5.97 Å². The summed E-state index contributed by atoms with van der Waals surface area (Å²) in [6.07, 6.45) is 0. The van der Waals surface area contributed by atoms with E-state index in [2.05, 4.69) is 4.90 Å². The molecule has 0 bridgehead atoms. The zero-order chi connectivity index (χ0) is 13.8. The molecule has 3 nitrogen and oxygen atoms in total. The second kappa shape index (κ2) is 6.21. The molecular weight excluding hydrogens is 250 g/mol. The van der Waals surface area contributed by atoms with E-state index in [0.717, 1.165) is 10.6 Å². The van der Waals surface area contributed by atoms with Crippen molar-refractivity contribution in [3.8, 4) is 0 Å². The molecule has 4 heteroatoms. The molecule has 0 aromatic heterocycles. The van der Waals surface area contributed by atoms with E-state index in [9.17, 15) is 4.79 Å². The average Bonchev–Trinajstić information content (AvgIpc) is 2.30. The first-order valence-electron chi connectivity index (χ1n) is 5.87. The Labute approximate surface area is 114 Å². The van der Waals surface area contributed by atoms with Gasteiger partial charge in [-0.3, -0.25) is 4.79 Å². The van der Waals surface area contributed by atoms with Gasteiger partial charge in [0.25, 0.3) is 0 Å². The number of rotatable bonds is 5. The molecule has 0 radical (unpaired) electrons. The van der Waals surface area contributed by atoms with Gasteiger partial charge in [-0.05, 0) is 32.5 Å². The summed E-state index contributed by atoms with van der Waals surface area (Å²) in [5.41, 5.74) is 0.535. The molecule has 0 heterocycles. The topological polar surface area (TPSA) is 29.5 Å². The van der Waals surface area contributed by atoms with Crippen LogP contribution in [0.1, 0.15) is 19.4 Å². The fraction of sp³-hybridized carbons (Fsp3) is 0.500. The molecule has 0 aliphatic rings. The highest BCUT2D eigenvalue weighted by Gasteiger charge is 2.30. The normalized spacial score (nSPS) is 11.7. The van der Waals surface area contributed by atoms with Crippen molar-refractivity contribution in [2.45, 2.75) is 20.4 Å². The Morgan fingerprint density at radius 3 is 2.56 bits per heavy atom. The van der Waals surface area contributed by atoms with E-state index in [1.807, 2.05) is 45.2 Å². The molecule has 0 fully saturated rings. The predicted octanol–water partition coefficient (Wildman–Crippen LogP) is 2.97. The molecule has 0 aliphatic heterocycles. The van der Waals surface area contributed by atoms with Crippen molar-refractivity contribution in [1.29, 1.82) is 0 Å². The number of halogens is 1. The predicted molar refractivity (Wildman–Crippen MR) is 73.6 cm³/mol. The first-order valence-corrected chi connectivity index (χ1v) is 6.25. The average molecular weight is 270 g/mol. The zero-order valence-corrected chi connectivity index (χ0v) is 12.1. The Morgan fingerprint density at radius 2 is 2.00 bits per heavy atom. The fourth-order valence-electron chi connectivity index (χ4n) is 1.99. The van der Waals surface area contributed by atoms with Crippen LogP contribution in [0.5, 0.6) is 0 Å². The van der Waals surface area contributed by atoms with Crippen molar-refractivity contribution < 1.29 is 9.53 Å². The van der Waals surface area contributed by atoms with Crippen LogP contribution in [0.4, 0.5) is 0 Å². The summed E-state index contributed by atoms with van der Waals surface area (Å²) in [5, 5.41) is 0.750. The van der Waals surface area contributed by atoms with Crippen molar-refractivity contribution in [3.63, 3.8) is 0 Å². The lowest BCUT2D eigenvalue weighted by Crippen LogP contribution is -2.37. The lowest BCUT2D eigenvalue weighted by Gasteiger charge is -2.28. The maximum atomic E-state index is 11.6. The second-order valence-corrected chi connectivity index (χ2v) is 5.55. The van der Waals surface area contributed by atoms with Crippen molar-refractivity contribution >= 4 is 17.6 Å². The van der Waals surface area contributed by atoms with E-state index in [0.29, 0.717) is 13.1 Å². The van der Waals surface area contributed by atoms with Crippen LogP contribution in [0, 0.1) is 5.41 Å². The fourth-order valence-corrected chi connectivity index (χ4v) is 2.18. The number of esters is 1. The number of carbonyl (C=O) groups is 1. The molecule has 0 N–H and O–H groups in total. The van der Waals surface area contributed by atoms with Crippen LogP contribution >= 0.6 is 11.6 Å². The summed E-state index contributed by atoms with van der Waals surface area (Å²) in [6.45, 7) is 5.08. The highest BCUT2D eigenvalue weighted by Crippen LogP contribution is 2.21. The van der Waals surface area contributed by atoms with Crippen molar-refractivity contribution in [2.75, 3.05) is 20.7 Å². The largest absolute Gasteiger partial charge is 0.469 e. The third-order valence-electron chi connectivity index (χ3n) is 2.80. The maximum Gasteiger partial charge on any atom is 0.312 e. The highest BCUT2D eigenvalue weighted by atomic mass is 35.5. The van der Waals surface area contributed by atoms with Crippen LogP contribution in [0.2, 0.25) is 5.02 Å². The third-order valence-corrected chi connectivity index (χ3v) is 3.17. The molecule has 0 unspecified atom stereocenters. The lowest BCUT2D eigenvalue weighted by atomic mass is 9.93. The Bertz CT molecular complexity index is 418. The van der Waals surface area contributed by atoms with Gasteiger partial charge in [-0.15, -0.1) is 0 Å². The first-order chi connectivity index (χ1) is 8.36. The summed E-state index contributed by atoms with van der Waals surface area (Å²) in [6, 6.07) is 7.73. The van der Waals surface area contributed by atoms with Gasteiger partial charge in [-0.1, -0.05) is 29.8 Å². The van der Waals surface area contributed by atoms with Crippen LogP contribution in [0.15, 0.2) is 24.3 Å². The molecule has 0 saturated carbocycles. The van der Waals surface area contributed by atoms with Gasteiger partial charge in [0.05, 0.1) is 12.5 Å².